The molecule has 3 N–H and O–H groups in total. The van der Waals surface area contributed by atoms with Gasteiger partial charge in [-0.05, 0) is 30.7 Å². The molecule has 1 rings (SSSR count). The Labute approximate surface area is 106 Å². The van der Waals surface area contributed by atoms with Crippen LogP contribution in [0.2, 0.25) is 0 Å². The van der Waals surface area contributed by atoms with Crippen molar-refractivity contribution in [2.24, 2.45) is 0 Å². The fourth-order valence-corrected chi connectivity index (χ4v) is 1.35. The molecule has 0 atom stereocenters. The second-order valence-corrected chi connectivity index (χ2v) is 3.98. The van der Waals surface area contributed by atoms with E-state index < -0.39 is 0 Å². The number of hydrogen-bond donors (Lipinski definition) is 3. The normalized spacial score (nSPS) is 9.83. The van der Waals surface area contributed by atoms with Gasteiger partial charge in [-0.2, -0.15) is 0 Å². The Kier molecular flexibility index (Phi) is 5.70. The Hall–Kier alpha value is -2.04. The minimum absolute atomic E-state index is 0.0383. The summed E-state index contributed by atoms with van der Waals surface area (Å²) in [6, 6.07) is 6.14. The largest absolute Gasteiger partial charge is 0.508 e. The van der Waals surface area contributed by atoms with Gasteiger partial charge >= 0.3 is 0 Å². The first-order valence-electron chi connectivity index (χ1n) is 5.97. The minimum Gasteiger partial charge on any atom is -0.508 e. The molecule has 5 nitrogen and oxygen atoms in total. The summed E-state index contributed by atoms with van der Waals surface area (Å²) in [5.74, 6) is -0.260. The van der Waals surface area contributed by atoms with Gasteiger partial charge in [-0.1, -0.05) is 13.3 Å². The Morgan fingerprint density at radius 1 is 1.17 bits per heavy atom. The molecule has 2 amide bonds. The number of unbranched alkanes of at least 4 members (excludes halogenated alkanes) is 1. The molecule has 0 spiro atoms. The van der Waals surface area contributed by atoms with Crippen LogP contribution in [0.4, 0.5) is 5.69 Å². The Balaban J connectivity index is 2.29. The van der Waals surface area contributed by atoms with Crippen LogP contribution in [0.15, 0.2) is 24.3 Å². The Morgan fingerprint density at radius 3 is 2.44 bits per heavy atom. The Morgan fingerprint density at radius 2 is 1.83 bits per heavy atom. The highest BCUT2D eigenvalue weighted by Crippen LogP contribution is 2.13. The molecule has 0 radical (unpaired) electrons. The zero-order valence-corrected chi connectivity index (χ0v) is 10.4. The molecule has 0 aliphatic carbocycles. The van der Waals surface area contributed by atoms with E-state index in [0.29, 0.717) is 12.1 Å². The van der Waals surface area contributed by atoms with E-state index in [0.717, 1.165) is 12.8 Å². The van der Waals surface area contributed by atoms with Gasteiger partial charge in [0.15, 0.2) is 0 Å². The number of phenols is 1. The maximum atomic E-state index is 11.5. The van der Waals surface area contributed by atoms with Crippen molar-refractivity contribution < 1.29 is 14.7 Å². The van der Waals surface area contributed by atoms with E-state index in [1.165, 1.54) is 12.1 Å². The summed E-state index contributed by atoms with van der Waals surface area (Å²) in [7, 11) is 0. The number of amides is 2. The lowest BCUT2D eigenvalue weighted by molar-refractivity contribution is -0.124. The summed E-state index contributed by atoms with van der Waals surface area (Å²) in [4.78, 5) is 22.8. The van der Waals surface area contributed by atoms with Gasteiger partial charge in [0.05, 0.1) is 6.54 Å². The molecule has 0 fully saturated rings. The molecule has 0 bridgehead atoms. The van der Waals surface area contributed by atoms with Crippen molar-refractivity contribution in [3.05, 3.63) is 24.3 Å². The van der Waals surface area contributed by atoms with Gasteiger partial charge in [0.25, 0.3) is 0 Å². The molecule has 98 valence electrons. The van der Waals surface area contributed by atoms with Crippen LogP contribution < -0.4 is 10.6 Å². The lowest BCUT2D eigenvalue weighted by Gasteiger charge is -2.06. The van der Waals surface area contributed by atoms with Gasteiger partial charge < -0.3 is 15.7 Å². The second kappa shape index (κ2) is 7.32. The first-order valence-corrected chi connectivity index (χ1v) is 5.97. The third kappa shape index (κ3) is 5.34. The summed E-state index contributed by atoms with van der Waals surface area (Å²) in [6.45, 7) is 1.97. The molecule has 0 saturated heterocycles. The lowest BCUT2D eigenvalue weighted by Crippen LogP contribution is -2.32. The number of carbonyl (C=O) groups is 2. The van der Waals surface area contributed by atoms with Crippen molar-refractivity contribution >= 4 is 17.5 Å². The molecule has 18 heavy (non-hydrogen) atoms. The zero-order chi connectivity index (χ0) is 13.4. The minimum atomic E-state index is -0.287. The number of benzene rings is 1. The maximum Gasteiger partial charge on any atom is 0.243 e. The van der Waals surface area contributed by atoms with Crippen LogP contribution in [0.3, 0.4) is 0 Å². The maximum absolute atomic E-state index is 11.5. The molecular weight excluding hydrogens is 232 g/mol. The first kappa shape index (κ1) is 14.0. The van der Waals surface area contributed by atoms with Crippen molar-refractivity contribution in [1.82, 2.24) is 5.32 Å². The molecule has 0 aromatic heterocycles. The van der Waals surface area contributed by atoms with Crippen molar-refractivity contribution in [3.8, 4) is 5.75 Å². The molecule has 0 unspecified atom stereocenters. The van der Waals surface area contributed by atoms with Crippen molar-refractivity contribution in [3.63, 3.8) is 0 Å². The van der Waals surface area contributed by atoms with Crippen LogP contribution in [0.5, 0.6) is 5.75 Å². The number of phenolic OH excluding ortho intramolecular Hbond substituents is 1. The summed E-state index contributed by atoms with van der Waals surface area (Å²) in [5, 5.41) is 14.2. The monoisotopic (exact) mass is 250 g/mol. The molecule has 1 aromatic carbocycles. The van der Waals surface area contributed by atoms with Gasteiger partial charge in [0.2, 0.25) is 11.8 Å². The molecule has 0 aliphatic rings. The summed E-state index contributed by atoms with van der Waals surface area (Å²) in [6.07, 6.45) is 2.22. The molecule has 0 saturated carbocycles. The van der Waals surface area contributed by atoms with Gasteiger partial charge in [0.1, 0.15) is 5.75 Å². The predicted molar refractivity (Wildman–Crippen MR) is 69.3 cm³/mol. The standard InChI is InChI=1S/C13H18N2O3/c1-2-3-4-12(17)14-9-13(18)15-10-5-7-11(16)8-6-10/h5-8,16H,2-4,9H2,1H3,(H,14,17)(H,15,18). The summed E-state index contributed by atoms with van der Waals surface area (Å²) < 4.78 is 0. The van der Waals surface area contributed by atoms with Gasteiger partial charge in [0, 0.05) is 12.1 Å². The highest BCUT2D eigenvalue weighted by Gasteiger charge is 2.05. The molecule has 0 heterocycles. The molecule has 0 aliphatic heterocycles. The topological polar surface area (TPSA) is 78.4 Å². The second-order valence-electron chi connectivity index (χ2n) is 3.98. The summed E-state index contributed by atoms with van der Waals surface area (Å²) in [5.41, 5.74) is 0.584. The number of hydrogen-bond acceptors (Lipinski definition) is 3. The smallest absolute Gasteiger partial charge is 0.243 e. The van der Waals surface area contributed by atoms with Crippen LogP contribution in [0, 0.1) is 0 Å². The van der Waals surface area contributed by atoms with Gasteiger partial charge in [-0.3, -0.25) is 9.59 Å². The van der Waals surface area contributed by atoms with E-state index in [1.54, 1.807) is 12.1 Å². The first-order chi connectivity index (χ1) is 8.61. The molecule has 1 aromatic rings. The van der Waals surface area contributed by atoms with Gasteiger partial charge in [-0.15, -0.1) is 0 Å². The third-order valence-corrected chi connectivity index (χ3v) is 2.35. The van der Waals surface area contributed by atoms with E-state index in [9.17, 15) is 9.59 Å². The van der Waals surface area contributed by atoms with E-state index in [2.05, 4.69) is 10.6 Å². The fraction of sp³-hybridized carbons (Fsp3) is 0.385. The van der Waals surface area contributed by atoms with Crippen molar-refractivity contribution in [2.45, 2.75) is 26.2 Å². The lowest BCUT2D eigenvalue weighted by atomic mass is 10.2. The fourth-order valence-electron chi connectivity index (χ4n) is 1.35. The average molecular weight is 250 g/mol. The third-order valence-electron chi connectivity index (χ3n) is 2.35. The summed E-state index contributed by atoms with van der Waals surface area (Å²) >= 11 is 0. The molecule has 5 heteroatoms. The number of anilines is 1. The Bertz CT molecular complexity index is 401. The van der Waals surface area contributed by atoms with Crippen molar-refractivity contribution in [2.75, 3.05) is 11.9 Å². The van der Waals surface area contributed by atoms with E-state index in [1.807, 2.05) is 6.92 Å². The SMILES string of the molecule is CCCCC(=O)NCC(=O)Nc1ccc(O)cc1. The quantitative estimate of drug-likeness (QED) is 0.671. The van der Waals surface area contributed by atoms with Crippen molar-refractivity contribution in [1.29, 1.82) is 0 Å². The van der Waals surface area contributed by atoms with Crippen LogP contribution in [0.1, 0.15) is 26.2 Å². The number of carbonyl (C=O) groups excluding carboxylic acids is 2. The molecular formula is C13H18N2O3. The van der Waals surface area contributed by atoms with Gasteiger partial charge in [-0.25, -0.2) is 0 Å². The van der Waals surface area contributed by atoms with Crippen LogP contribution in [-0.2, 0) is 9.59 Å². The van der Waals surface area contributed by atoms with Crippen LogP contribution in [0.25, 0.3) is 0 Å². The average Bonchev–Trinajstić information content (AvgIpc) is 2.36. The highest BCUT2D eigenvalue weighted by molar-refractivity contribution is 5.94. The predicted octanol–water partition coefficient (Wildman–Crippen LogP) is 1.64. The number of rotatable bonds is 6. The highest BCUT2D eigenvalue weighted by atomic mass is 16.3. The number of nitrogens with one attached hydrogen (secondary N) is 2. The number of aromatic hydroxyl groups is 1. The van der Waals surface area contributed by atoms with Crippen LogP contribution >= 0.6 is 0 Å². The van der Waals surface area contributed by atoms with E-state index >= 15 is 0 Å². The van der Waals surface area contributed by atoms with Crippen LogP contribution in [-0.4, -0.2) is 23.5 Å². The van der Waals surface area contributed by atoms with E-state index in [-0.39, 0.29) is 24.1 Å². The van der Waals surface area contributed by atoms with E-state index in [4.69, 9.17) is 5.11 Å². The zero-order valence-electron chi connectivity index (χ0n) is 10.4.